The van der Waals surface area contributed by atoms with Gasteiger partial charge < -0.3 is 9.29 Å². The molecule has 0 radical (unpaired) electrons. The van der Waals surface area contributed by atoms with Crippen LogP contribution in [0.4, 0.5) is 5.82 Å². The second-order valence-electron chi connectivity index (χ2n) is 9.77. The van der Waals surface area contributed by atoms with Crippen molar-refractivity contribution in [2.75, 3.05) is 5.32 Å². The van der Waals surface area contributed by atoms with Crippen molar-refractivity contribution in [1.29, 1.82) is 0 Å². The number of nitrogens with zero attached hydrogens (tertiary/aromatic N) is 3. The molecule has 0 amide bonds. The van der Waals surface area contributed by atoms with E-state index in [4.69, 9.17) is 4.99 Å². The third-order valence-corrected chi connectivity index (χ3v) is 7.76. The standard InChI is InChI=1S/C24H41BN4/c1-3-18-25(19-4-2)28-20-12-11-17-23(28)27-24(26-21-13-7-5-8-14-21)29(25)22-15-9-6-10-16-22/h11-12,17,20-22H,3-10,13-16,18-19H2,1-2H3,(H,26,27). The molecule has 2 aliphatic carbocycles. The smallest absolute Gasteiger partial charge is 0.288 e. The summed E-state index contributed by atoms with van der Waals surface area (Å²) in [5.74, 6) is 2.45. The highest BCUT2D eigenvalue weighted by Gasteiger charge is 2.47. The van der Waals surface area contributed by atoms with Crippen LogP contribution in [-0.4, -0.2) is 29.3 Å². The van der Waals surface area contributed by atoms with Crippen LogP contribution < -0.4 is 9.79 Å². The van der Waals surface area contributed by atoms with Crippen LogP contribution in [0.15, 0.2) is 29.4 Å². The fraction of sp³-hybridized carbons (Fsp3) is 0.750. The number of hydrogen-bond acceptors (Lipinski definition) is 1. The maximum atomic E-state index is 5.44. The molecule has 0 bridgehead atoms. The van der Waals surface area contributed by atoms with E-state index in [-0.39, 0.29) is 0 Å². The molecule has 2 saturated carbocycles. The summed E-state index contributed by atoms with van der Waals surface area (Å²) in [6, 6.07) is 7.79. The predicted molar refractivity (Wildman–Crippen MR) is 125 cm³/mol. The zero-order chi connectivity index (χ0) is 20.1. The molecule has 0 aromatic carbocycles. The van der Waals surface area contributed by atoms with E-state index in [1.807, 2.05) is 0 Å². The summed E-state index contributed by atoms with van der Waals surface area (Å²) in [6.07, 6.45) is 19.8. The summed E-state index contributed by atoms with van der Waals surface area (Å²) in [5, 5.41) is 3.82. The van der Waals surface area contributed by atoms with Crippen molar-refractivity contribution in [3.8, 4) is 0 Å². The van der Waals surface area contributed by atoms with E-state index in [1.165, 1.54) is 101 Å². The summed E-state index contributed by atoms with van der Waals surface area (Å²) < 4.78 is 2.61. The Morgan fingerprint density at radius 1 is 0.966 bits per heavy atom. The topological polar surface area (TPSA) is 31.5 Å². The van der Waals surface area contributed by atoms with Crippen LogP contribution in [0.3, 0.4) is 0 Å². The molecule has 1 aromatic rings. The van der Waals surface area contributed by atoms with Crippen molar-refractivity contribution in [3.05, 3.63) is 24.4 Å². The van der Waals surface area contributed by atoms with Crippen molar-refractivity contribution in [1.82, 2.24) is 4.81 Å². The van der Waals surface area contributed by atoms with Crippen LogP contribution >= 0.6 is 0 Å². The Bertz CT molecular complexity index is 686. The number of hydrogen-bond donors (Lipinski definition) is 1. The molecule has 1 N–H and O–H groups in total. The van der Waals surface area contributed by atoms with E-state index in [0.29, 0.717) is 12.1 Å². The first-order valence-electron chi connectivity index (χ1n) is 12.6. The Balaban J connectivity index is 1.82. The van der Waals surface area contributed by atoms with E-state index >= 15 is 0 Å². The van der Waals surface area contributed by atoms with Crippen LogP contribution in [0.25, 0.3) is 0 Å². The molecule has 5 heteroatoms. The average Bonchev–Trinajstić information content (AvgIpc) is 2.76. The fourth-order valence-corrected chi connectivity index (χ4v) is 6.55. The molecule has 1 aliphatic heterocycles. The first-order chi connectivity index (χ1) is 14.3. The van der Waals surface area contributed by atoms with Gasteiger partial charge in [-0.25, -0.2) is 10.3 Å². The van der Waals surface area contributed by atoms with Crippen LogP contribution in [0.2, 0.25) is 12.6 Å². The van der Waals surface area contributed by atoms with Crippen molar-refractivity contribution in [2.45, 2.75) is 116 Å². The quantitative estimate of drug-likeness (QED) is 0.613. The van der Waals surface area contributed by atoms with Crippen LogP contribution in [0.5, 0.6) is 0 Å². The van der Waals surface area contributed by atoms with Gasteiger partial charge in [-0.1, -0.05) is 71.3 Å². The van der Waals surface area contributed by atoms with Crippen LogP contribution in [0, 0.1) is 0 Å². The van der Waals surface area contributed by atoms with Crippen molar-refractivity contribution in [3.63, 3.8) is 0 Å². The number of rotatable bonds is 6. The third-order valence-electron chi connectivity index (χ3n) is 7.76. The van der Waals surface area contributed by atoms with E-state index < -0.39 is 6.42 Å². The molecular weight excluding hydrogens is 355 g/mol. The molecule has 0 saturated heterocycles. The average molecular weight is 396 g/mol. The van der Waals surface area contributed by atoms with Gasteiger partial charge >= 0.3 is 0 Å². The van der Waals surface area contributed by atoms with Gasteiger partial charge in [-0.3, -0.25) is 0 Å². The Kier molecular flexibility index (Phi) is 6.82. The summed E-state index contributed by atoms with van der Waals surface area (Å²) >= 11 is 0. The predicted octanol–water partition coefficient (Wildman–Crippen LogP) is 5.83. The number of fused-ring (bicyclic) bond motifs is 1. The molecule has 0 spiro atoms. The molecule has 4 nitrogen and oxygen atoms in total. The minimum atomic E-state index is -0.852. The normalized spacial score (nSPS) is 24.3. The molecule has 4 rings (SSSR count). The van der Waals surface area contributed by atoms with Crippen molar-refractivity contribution >= 4 is 18.2 Å². The SMILES string of the molecule is CCC[B-]1(CCC)N(C2CCCCC2)C(=NC2CCCCC2)Nc2cccc[n+]21. The monoisotopic (exact) mass is 396 g/mol. The summed E-state index contributed by atoms with van der Waals surface area (Å²) in [6.45, 7) is 4.72. The number of nitrogens with one attached hydrogen (secondary N) is 1. The molecule has 1 aromatic heterocycles. The Labute approximate surface area is 178 Å². The van der Waals surface area contributed by atoms with Gasteiger partial charge in [-0.15, -0.1) is 12.6 Å². The molecular formula is C24H41BN4. The lowest BCUT2D eigenvalue weighted by atomic mass is 9.37. The van der Waals surface area contributed by atoms with Crippen LogP contribution in [-0.2, 0) is 0 Å². The molecule has 160 valence electrons. The lowest BCUT2D eigenvalue weighted by Gasteiger charge is -2.56. The fourth-order valence-electron chi connectivity index (χ4n) is 6.55. The second kappa shape index (κ2) is 9.53. The maximum absolute atomic E-state index is 5.44. The summed E-state index contributed by atoms with van der Waals surface area (Å²) in [5.41, 5.74) is 0. The van der Waals surface area contributed by atoms with E-state index in [0.717, 1.165) is 0 Å². The van der Waals surface area contributed by atoms with Gasteiger partial charge in [-0.2, -0.15) is 0 Å². The van der Waals surface area contributed by atoms with Crippen LogP contribution in [0.1, 0.15) is 90.9 Å². The lowest BCUT2D eigenvalue weighted by molar-refractivity contribution is -0.542. The van der Waals surface area contributed by atoms with E-state index in [2.05, 4.69) is 52.8 Å². The first kappa shape index (κ1) is 20.7. The molecule has 29 heavy (non-hydrogen) atoms. The number of aliphatic imine (C=N–C) groups is 1. The molecule has 3 aliphatic rings. The van der Waals surface area contributed by atoms with Crippen molar-refractivity contribution < 1.29 is 4.48 Å². The minimum Gasteiger partial charge on any atom is -0.454 e. The number of aromatic nitrogens is 1. The highest BCUT2D eigenvalue weighted by atomic mass is 15.4. The highest BCUT2D eigenvalue weighted by Crippen LogP contribution is 2.34. The lowest BCUT2D eigenvalue weighted by Crippen LogP contribution is -2.81. The molecule has 2 heterocycles. The van der Waals surface area contributed by atoms with Gasteiger partial charge in [-0.05, 0) is 37.8 Å². The van der Waals surface area contributed by atoms with Gasteiger partial charge in [0.2, 0.25) is 5.82 Å². The summed E-state index contributed by atoms with van der Waals surface area (Å²) in [4.78, 5) is 8.29. The highest BCUT2D eigenvalue weighted by molar-refractivity contribution is 6.72. The number of pyridine rings is 1. The van der Waals surface area contributed by atoms with Gasteiger partial charge in [0.25, 0.3) is 12.4 Å². The minimum absolute atomic E-state index is 0.504. The van der Waals surface area contributed by atoms with Gasteiger partial charge in [0.1, 0.15) is 0 Å². The van der Waals surface area contributed by atoms with Gasteiger partial charge in [0.15, 0.2) is 0 Å². The number of guanidine groups is 1. The Morgan fingerprint density at radius 2 is 1.62 bits per heavy atom. The maximum Gasteiger partial charge on any atom is 0.288 e. The third kappa shape index (κ3) is 4.20. The Hall–Kier alpha value is -1.52. The van der Waals surface area contributed by atoms with E-state index in [9.17, 15) is 0 Å². The molecule has 0 atom stereocenters. The number of anilines is 1. The first-order valence-corrected chi connectivity index (χ1v) is 12.6. The van der Waals surface area contributed by atoms with Gasteiger partial charge in [0, 0.05) is 12.3 Å². The zero-order valence-corrected chi connectivity index (χ0v) is 18.8. The molecule has 2 fully saturated rings. The van der Waals surface area contributed by atoms with Gasteiger partial charge in [0.05, 0.1) is 6.04 Å². The molecule has 0 unspecified atom stereocenters. The second-order valence-corrected chi connectivity index (χ2v) is 9.77. The van der Waals surface area contributed by atoms with E-state index in [1.54, 1.807) is 0 Å². The zero-order valence-electron chi connectivity index (χ0n) is 18.8. The van der Waals surface area contributed by atoms with Crippen molar-refractivity contribution in [2.24, 2.45) is 4.99 Å². The Morgan fingerprint density at radius 3 is 2.28 bits per heavy atom. The summed E-state index contributed by atoms with van der Waals surface area (Å²) in [7, 11) is 0. The largest absolute Gasteiger partial charge is 0.454 e.